The van der Waals surface area contributed by atoms with Gasteiger partial charge in [-0.05, 0) is 29.2 Å². The van der Waals surface area contributed by atoms with Crippen LogP contribution >= 0.6 is 0 Å². The van der Waals surface area contributed by atoms with E-state index in [9.17, 15) is 9.59 Å². The van der Waals surface area contributed by atoms with E-state index in [1.54, 1.807) is 0 Å². The van der Waals surface area contributed by atoms with E-state index >= 15 is 0 Å². The minimum absolute atomic E-state index is 0.0147. The Bertz CT molecular complexity index is 733. The van der Waals surface area contributed by atoms with Crippen molar-refractivity contribution in [3.8, 4) is 0 Å². The molecule has 5 nitrogen and oxygen atoms in total. The molecule has 2 aromatic carbocycles. The summed E-state index contributed by atoms with van der Waals surface area (Å²) < 4.78 is 5.59. The molecule has 0 unspecified atom stereocenters. The maximum atomic E-state index is 12.1. The zero-order valence-electron chi connectivity index (χ0n) is 14.3. The van der Waals surface area contributed by atoms with Gasteiger partial charge in [-0.1, -0.05) is 61.7 Å². The van der Waals surface area contributed by atoms with Crippen molar-refractivity contribution in [2.75, 3.05) is 6.61 Å². The van der Waals surface area contributed by atoms with Gasteiger partial charge in [0.1, 0.15) is 6.61 Å². The Morgan fingerprint density at radius 1 is 0.920 bits per heavy atom. The first-order valence-corrected chi connectivity index (χ1v) is 8.88. The smallest absolute Gasteiger partial charge is 0.264 e. The van der Waals surface area contributed by atoms with Crippen LogP contribution in [0.25, 0.3) is 10.8 Å². The van der Waals surface area contributed by atoms with Crippen molar-refractivity contribution >= 4 is 22.6 Å². The van der Waals surface area contributed by atoms with Gasteiger partial charge >= 0.3 is 0 Å². The van der Waals surface area contributed by atoms with Gasteiger partial charge in [0, 0.05) is 0 Å². The van der Waals surface area contributed by atoms with E-state index in [-0.39, 0.29) is 30.9 Å². The molecule has 0 aromatic heterocycles. The molecule has 132 valence electrons. The van der Waals surface area contributed by atoms with Crippen molar-refractivity contribution < 1.29 is 14.3 Å². The first-order chi connectivity index (χ1) is 12.2. The van der Waals surface area contributed by atoms with Crippen molar-refractivity contribution in [3.63, 3.8) is 0 Å². The number of nitrogens with one attached hydrogen (secondary N) is 2. The van der Waals surface area contributed by atoms with Crippen molar-refractivity contribution in [2.45, 2.75) is 44.6 Å². The van der Waals surface area contributed by atoms with Gasteiger partial charge in [-0.3, -0.25) is 20.4 Å². The number of benzene rings is 2. The molecule has 1 fully saturated rings. The number of rotatable bonds is 5. The van der Waals surface area contributed by atoms with Gasteiger partial charge in [0.15, 0.2) is 0 Å². The predicted molar refractivity (Wildman–Crippen MR) is 96.8 cm³/mol. The molecule has 25 heavy (non-hydrogen) atoms. The highest BCUT2D eigenvalue weighted by Crippen LogP contribution is 2.20. The van der Waals surface area contributed by atoms with Gasteiger partial charge in [0.2, 0.25) is 5.91 Å². The number of fused-ring (bicyclic) bond motifs is 1. The third-order valence-electron chi connectivity index (χ3n) is 4.57. The third kappa shape index (κ3) is 5.03. The summed E-state index contributed by atoms with van der Waals surface area (Å²) in [6.45, 7) is -0.0147. The van der Waals surface area contributed by atoms with Gasteiger partial charge in [0.25, 0.3) is 5.91 Å². The number of hydrogen-bond acceptors (Lipinski definition) is 3. The van der Waals surface area contributed by atoms with Gasteiger partial charge in [-0.25, -0.2) is 0 Å². The Kier molecular flexibility index (Phi) is 6.01. The number of carbonyl (C=O) groups excluding carboxylic acids is 2. The molecule has 5 heteroatoms. The van der Waals surface area contributed by atoms with Crippen LogP contribution in [0.4, 0.5) is 0 Å². The summed E-state index contributed by atoms with van der Waals surface area (Å²) in [5.74, 6) is -0.570. The summed E-state index contributed by atoms with van der Waals surface area (Å²) in [5, 5.41) is 2.14. The summed E-state index contributed by atoms with van der Waals surface area (Å²) >= 11 is 0. The molecular weight excluding hydrogens is 316 g/mol. The zero-order chi connectivity index (χ0) is 17.5. The molecule has 1 aliphatic rings. The molecule has 0 saturated heterocycles. The van der Waals surface area contributed by atoms with Crippen LogP contribution in [-0.2, 0) is 20.7 Å². The lowest BCUT2D eigenvalue weighted by molar-refractivity contribution is -0.133. The largest absolute Gasteiger partial charge is 0.368 e. The van der Waals surface area contributed by atoms with Crippen LogP contribution in [0.5, 0.6) is 0 Å². The van der Waals surface area contributed by atoms with Crippen LogP contribution in [0.2, 0.25) is 0 Å². The molecule has 1 saturated carbocycles. The Hall–Kier alpha value is -2.40. The highest BCUT2D eigenvalue weighted by atomic mass is 16.5. The monoisotopic (exact) mass is 340 g/mol. The summed E-state index contributed by atoms with van der Waals surface area (Å²) in [6, 6.07) is 13.8. The molecule has 0 heterocycles. The van der Waals surface area contributed by atoms with E-state index < -0.39 is 0 Å². The summed E-state index contributed by atoms with van der Waals surface area (Å²) in [5.41, 5.74) is 5.83. The van der Waals surface area contributed by atoms with E-state index in [1.165, 1.54) is 6.42 Å². The molecule has 1 aliphatic carbocycles. The van der Waals surface area contributed by atoms with Crippen LogP contribution in [0, 0.1) is 0 Å². The van der Waals surface area contributed by atoms with Crippen LogP contribution in [0.3, 0.4) is 0 Å². The number of hydrogen-bond donors (Lipinski definition) is 2. The molecular formula is C20H24N2O3. The summed E-state index contributed by atoms with van der Waals surface area (Å²) in [6.07, 6.45) is 5.98. The second-order valence-corrected chi connectivity index (χ2v) is 6.48. The van der Waals surface area contributed by atoms with Gasteiger partial charge in [0.05, 0.1) is 12.5 Å². The predicted octanol–water partition coefficient (Wildman–Crippen LogP) is 2.88. The Morgan fingerprint density at radius 2 is 1.64 bits per heavy atom. The average molecular weight is 340 g/mol. The second kappa shape index (κ2) is 8.62. The van der Waals surface area contributed by atoms with E-state index in [0.29, 0.717) is 0 Å². The fraction of sp³-hybridized carbons (Fsp3) is 0.400. The minimum atomic E-state index is -0.322. The lowest BCUT2D eigenvalue weighted by Crippen LogP contribution is -2.44. The normalized spacial score (nSPS) is 15.0. The van der Waals surface area contributed by atoms with E-state index in [0.717, 1.165) is 42.0 Å². The maximum absolute atomic E-state index is 12.1. The Labute approximate surface area is 147 Å². The fourth-order valence-corrected chi connectivity index (χ4v) is 3.26. The Morgan fingerprint density at radius 3 is 2.48 bits per heavy atom. The third-order valence-corrected chi connectivity index (χ3v) is 4.57. The molecule has 2 amide bonds. The average Bonchev–Trinajstić information content (AvgIpc) is 2.66. The standard InChI is InChI=1S/C20H24N2O3/c23-19(13-16-9-6-8-15-7-4-5-12-18(15)16)21-22-20(24)14-25-17-10-2-1-3-11-17/h4-9,12,17H,1-3,10-11,13-14H2,(H,21,23)(H,22,24). The maximum Gasteiger partial charge on any atom is 0.264 e. The van der Waals surface area contributed by atoms with Crippen molar-refractivity contribution in [1.29, 1.82) is 0 Å². The highest BCUT2D eigenvalue weighted by molar-refractivity contribution is 5.91. The molecule has 0 spiro atoms. The van der Waals surface area contributed by atoms with Gasteiger partial charge in [-0.15, -0.1) is 0 Å². The molecule has 2 N–H and O–H groups in total. The van der Waals surface area contributed by atoms with Crippen LogP contribution < -0.4 is 10.9 Å². The summed E-state index contributed by atoms with van der Waals surface area (Å²) in [4.78, 5) is 23.9. The Balaban J connectivity index is 1.45. The lowest BCUT2D eigenvalue weighted by atomic mass is 9.98. The molecule has 3 rings (SSSR count). The molecule has 0 bridgehead atoms. The number of ether oxygens (including phenoxy) is 1. The lowest BCUT2D eigenvalue weighted by Gasteiger charge is -2.21. The van der Waals surface area contributed by atoms with E-state index in [4.69, 9.17) is 4.74 Å². The number of carbonyl (C=O) groups is 2. The van der Waals surface area contributed by atoms with E-state index in [1.807, 2.05) is 42.5 Å². The van der Waals surface area contributed by atoms with Crippen LogP contribution in [0.15, 0.2) is 42.5 Å². The fourth-order valence-electron chi connectivity index (χ4n) is 3.26. The van der Waals surface area contributed by atoms with Crippen molar-refractivity contribution in [2.24, 2.45) is 0 Å². The van der Waals surface area contributed by atoms with Crippen LogP contribution in [0.1, 0.15) is 37.7 Å². The molecule has 0 atom stereocenters. The number of amides is 2. The SMILES string of the molecule is O=C(COC1CCCCC1)NNC(=O)Cc1cccc2ccccc12. The molecule has 0 radical (unpaired) electrons. The van der Waals surface area contributed by atoms with Crippen LogP contribution in [-0.4, -0.2) is 24.5 Å². The van der Waals surface area contributed by atoms with E-state index in [2.05, 4.69) is 10.9 Å². The second-order valence-electron chi connectivity index (χ2n) is 6.48. The quantitative estimate of drug-likeness (QED) is 0.823. The first-order valence-electron chi connectivity index (χ1n) is 8.88. The first kappa shape index (κ1) is 17.4. The topological polar surface area (TPSA) is 67.4 Å². The minimum Gasteiger partial charge on any atom is -0.368 e. The zero-order valence-corrected chi connectivity index (χ0v) is 14.3. The summed E-state index contributed by atoms with van der Waals surface area (Å²) in [7, 11) is 0. The highest BCUT2D eigenvalue weighted by Gasteiger charge is 2.15. The van der Waals surface area contributed by atoms with Crippen molar-refractivity contribution in [1.82, 2.24) is 10.9 Å². The van der Waals surface area contributed by atoms with Gasteiger partial charge in [-0.2, -0.15) is 0 Å². The molecule has 0 aliphatic heterocycles. The van der Waals surface area contributed by atoms with Gasteiger partial charge < -0.3 is 4.74 Å². The molecule has 2 aromatic rings. The van der Waals surface area contributed by atoms with Crippen molar-refractivity contribution in [3.05, 3.63) is 48.0 Å². The number of hydrazine groups is 1.